The standard InChI is InChI=1S/C33H39NO12/c1-18(36)41-17-29-31(44-20(3)38)32(45-21(4)39)30(43-19(2)37)28(46-29)14-13-22(15-35)34-33(40)42-16-27-25-11-7-5-9-23(25)24-10-6-8-12-26(24)27/h5-12,22,27-32,35H,13-17H2,1-4H3,(H,34,40)/t22-,28-,29+,30-,31-,32+/m0/s1. The lowest BCUT2D eigenvalue weighted by Crippen LogP contribution is -2.62. The molecule has 0 unspecified atom stereocenters. The maximum Gasteiger partial charge on any atom is 0.407 e. The molecule has 0 spiro atoms. The third-order valence-corrected chi connectivity index (χ3v) is 7.77. The van der Waals surface area contributed by atoms with Crippen molar-refractivity contribution in [2.45, 2.75) is 83.0 Å². The molecule has 1 heterocycles. The highest BCUT2D eigenvalue weighted by Crippen LogP contribution is 2.44. The Kier molecular flexibility index (Phi) is 11.7. The number of carbonyl (C=O) groups is 5. The Hall–Kier alpha value is -4.49. The molecule has 6 atom stereocenters. The molecule has 0 bridgehead atoms. The molecular formula is C33H39NO12. The van der Waals surface area contributed by atoms with Crippen LogP contribution in [0.4, 0.5) is 4.79 Å². The number of carbonyl (C=O) groups excluding carboxylic acids is 5. The van der Waals surface area contributed by atoms with Crippen LogP contribution in [0.15, 0.2) is 48.5 Å². The number of esters is 4. The summed E-state index contributed by atoms with van der Waals surface area (Å²) in [6.45, 7) is 3.90. The first-order valence-electron chi connectivity index (χ1n) is 15.0. The van der Waals surface area contributed by atoms with E-state index in [4.69, 9.17) is 28.4 Å². The zero-order valence-corrected chi connectivity index (χ0v) is 26.1. The summed E-state index contributed by atoms with van der Waals surface area (Å²) in [6, 6.07) is 15.1. The minimum atomic E-state index is -1.30. The molecule has 2 aliphatic rings. The Morgan fingerprint density at radius 1 is 0.717 bits per heavy atom. The van der Waals surface area contributed by atoms with E-state index in [1.54, 1.807) is 0 Å². The van der Waals surface area contributed by atoms with Crippen LogP contribution >= 0.6 is 0 Å². The maximum atomic E-state index is 12.9. The average molecular weight is 642 g/mol. The molecule has 2 aromatic rings. The van der Waals surface area contributed by atoms with Gasteiger partial charge < -0.3 is 38.8 Å². The summed E-state index contributed by atoms with van der Waals surface area (Å²) in [4.78, 5) is 60.5. The third kappa shape index (κ3) is 8.61. The van der Waals surface area contributed by atoms with E-state index in [0.29, 0.717) is 0 Å². The van der Waals surface area contributed by atoms with E-state index in [1.807, 2.05) is 48.5 Å². The Balaban J connectivity index is 1.44. The second-order valence-electron chi connectivity index (χ2n) is 11.2. The van der Waals surface area contributed by atoms with E-state index in [9.17, 15) is 29.1 Å². The smallest absolute Gasteiger partial charge is 0.407 e. The quantitative estimate of drug-likeness (QED) is 0.257. The molecule has 0 radical (unpaired) electrons. The van der Waals surface area contributed by atoms with Gasteiger partial charge in [-0.25, -0.2) is 4.79 Å². The van der Waals surface area contributed by atoms with Crippen LogP contribution in [-0.2, 0) is 47.6 Å². The predicted octanol–water partition coefficient (Wildman–Crippen LogP) is 2.79. The SMILES string of the molecule is CC(=O)OC[C@H]1O[C@@H](CC[C@@H](CO)NC(=O)OCC2c3ccccc3-c3ccccc32)[C@H](OC(C)=O)[C@@H](OC(C)=O)[C@H]1OC(C)=O. The lowest BCUT2D eigenvalue weighted by Gasteiger charge is -2.44. The summed E-state index contributed by atoms with van der Waals surface area (Å²) in [5.41, 5.74) is 4.29. The van der Waals surface area contributed by atoms with Gasteiger partial charge in [-0.05, 0) is 35.1 Å². The monoisotopic (exact) mass is 641 g/mol. The molecule has 2 aromatic carbocycles. The lowest BCUT2D eigenvalue weighted by molar-refractivity contribution is -0.253. The van der Waals surface area contributed by atoms with Gasteiger partial charge in [-0.2, -0.15) is 0 Å². The van der Waals surface area contributed by atoms with E-state index in [-0.39, 0.29) is 32.0 Å². The Bertz CT molecular complexity index is 1380. The number of ether oxygens (including phenoxy) is 6. The van der Waals surface area contributed by atoms with Crippen LogP contribution in [0.1, 0.15) is 57.6 Å². The minimum Gasteiger partial charge on any atom is -0.463 e. The first-order chi connectivity index (χ1) is 22.0. The van der Waals surface area contributed by atoms with Gasteiger partial charge in [-0.3, -0.25) is 19.2 Å². The van der Waals surface area contributed by atoms with Crippen molar-refractivity contribution in [3.8, 4) is 11.1 Å². The van der Waals surface area contributed by atoms with Crippen molar-refractivity contribution < 1.29 is 57.5 Å². The summed E-state index contributed by atoms with van der Waals surface area (Å²) >= 11 is 0. The number of hydrogen-bond acceptors (Lipinski definition) is 12. The molecular weight excluding hydrogens is 602 g/mol. The first-order valence-corrected chi connectivity index (χ1v) is 15.0. The predicted molar refractivity (Wildman–Crippen MR) is 160 cm³/mol. The summed E-state index contributed by atoms with van der Waals surface area (Å²) < 4.78 is 33.2. The van der Waals surface area contributed by atoms with Crippen molar-refractivity contribution in [1.29, 1.82) is 0 Å². The Labute approximate surface area is 266 Å². The first kappa shape index (κ1) is 34.4. The minimum absolute atomic E-state index is 0.0773. The largest absolute Gasteiger partial charge is 0.463 e. The van der Waals surface area contributed by atoms with E-state index < -0.39 is 73.1 Å². The van der Waals surface area contributed by atoms with Crippen molar-refractivity contribution >= 4 is 30.0 Å². The van der Waals surface area contributed by atoms with Crippen LogP contribution in [0, 0.1) is 0 Å². The molecule has 46 heavy (non-hydrogen) atoms. The van der Waals surface area contributed by atoms with Gasteiger partial charge in [0.2, 0.25) is 0 Å². The molecule has 13 nitrogen and oxygen atoms in total. The molecule has 2 N–H and O–H groups in total. The molecule has 1 fully saturated rings. The lowest BCUT2D eigenvalue weighted by atomic mass is 9.91. The Morgan fingerprint density at radius 2 is 1.24 bits per heavy atom. The molecule has 4 rings (SSSR count). The molecule has 248 valence electrons. The number of hydrogen-bond donors (Lipinski definition) is 2. The fraction of sp³-hybridized carbons (Fsp3) is 0.485. The molecule has 13 heteroatoms. The molecule has 1 saturated heterocycles. The van der Waals surface area contributed by atoms with Gasteiger partial charge in [0.05, 0.1) is 18.8 Å². The number of fused-ring (bicyclic) bond motifs is 3. The summed E-state index contributed by atoms with van der Waals surface area (Å²) in [7, 11) is 0. The van der Waals surface area contributed by atoms with Crippen LogP contribution in [0.3, 0.4) is 0 Å². The van der Waals surface area contributed by atoms with Crippen molar-refractivity contribution in [3.63, 3.8) is 0 Å². The fourth-order valence-electron chi connectivity index (χ4n) is 5.93. The number of benzene rings is 2. The van der Waals surface area contributed by atoms with Gasteiger partial charge in [0.25, 0.3) is 0 Å². The van der Waals surface area contributed by atoms with Crippen molar-refractivity contribution in [3.05, 3.63) is 59.7 Å². The van der Waals surface area contributed by atoms with Gasteiger partial charge in [0.15, 0.2) is 18.3 Å². The number of aliphatic hydroxyl groups excluding tert-OH is 1. The van der Waals surface area contributed by atoms with E-state index in [0.717, 1.165) is 43.0 Å². The highest BCUT2D eigenvalue weighted by molar-refractivity contribution is 5.79. The molecule has 0 aromatic heterocycles. The third-order valence-electron chi connectivity index (χ3n) is 7.77. The van der Waals surface area contributed by atoms with Gasteiger partial charge >= 0.3 is 30.0 Å². The molecule has 1 aliphatic heterocycles. The van der Waals surface area contributed by atoms with Gasteiger partial charge in [-0.1, -0.05) is 48.5 Å². The number of nitrogens with one attached hydrogen (secondary N) is 1. The van der Waals surface area contributed by atoms with Crippen LogP contribution in [0.5, 0.6) is 0 Å². The zero-order valence-electron chi connectivity index (χ0n) is 26.1. The molecule has 1 amide bonds. The second-order valence-corrected chi connectivity index (χ2v) is 11.2. The van der Waals surface area contributed by atoms with Crippen molar-refractivity contribution in [1.82, 2.24) is 5.32 Å². The van der Waals surface area contributed by atoms with Crippen LogP contribution in [-0.4, -0.2) is 91.5 Å². The maximum absolute atomic E-state index is 12.9. The second kappa shape index (κ2) is 15.7. The van der Waals surface area contributed by atoms with E-state index in [1.165, 1.54) is 6.92 Å². The van der Waals surface area contributed by atoms with Crippen LogP contribution in [0.2, 0.25) is 0 Å². The number of rotatable bonds is 12. The van der Waals surface area contributed by atoms with Crippen molar-refractivity contribution in [2.75, 3.05) is 19.8 Å². The molecule has 1 aliphatic carbocycles. The topological polar surface area (TPSA) is 173 Å². The van der Waals surface area contributed by atoms with E-state index in [2.05, 4.69) is 5.32 Å². The zero-order chi connectivity index (χ0) is 33.4. The fourth-order valence-corrected chi connectivity index (χ4v) is 5.93. The normalized spacial score (nSPS) is 22.4. The van der Waals surface area contributed by atoms with Crippen LogP contribution in [0.25, 0.3) is 11.1 Å². The van der Waals surface area contributed by atoms with Gasteiger partial charge in [-0.15, -0.1) is 0 Å². The summed E-state index contributed by atoms with van der Waals surface area (Å²) in [5, 5.41) is 12.7. The highest BCUT2D eigenvalue weighted by atomic mass is 16.7. The van der Waals surface area contributed by atoms with Gasteiger partial charge in [0.1, 0.15) is 19.3 Å². The summed E-state index contributed by atoms with van der Waals surface area (Å²) in [6.07, 6.45) is -6.39. The highest BCUT2D eigenvalue weighted by Gasteiger charge is 2.52. The summed E-state index contributed by atoms with van der Waals surface area (Å²) in [5.74, 6) is -2.96. The number of alkyl carbamates (subject to hydrolysis) is 1. The van der Waals surface area contributed by atoms with Crippen LogP contribution < -0.4 is 5.32 Å². The van der Waals surface area contributed by atoms with Gasteiger partial charge in [0, 0.05) is 33.6 Å². The van der Waals surface area contributed by atoms with Crippen molar-refractivity contribution in [2.24, 2.45) is 0 Å². The average Bonchev–Trinajstić information content (AvgIpc) is 3.32. The molecule has 0 saturated carbocycles. The number of aliphatic hydroxyl groups is 1. The number of amides is 1. The van der Waals surface area contributed by atoms with E-state index >= 15 is 0 Å². The Morgan fingerprint density at radius 3 is 1.76 bits per heavy atom.